The molecule has 2 heterocycles. The van der Waals surface area contributed by atoms with Gasteiger partial charge in [-0.2, -0.15) is 0 Å². The molecule has 0 N–H and O–H groups in total. The summed E-state index contributed by atoms with van der Waals surface area (Å²) in [5.41, 5.74) is 3.60. The molecule has 1 atom stereocenters. The van der Waals surface area contributed by atoms with Crippen molar-refractivity contribution in [3.8, 4) is 11.5 Å². The topological polar surface area (TPSA) is 79.1 Å². The molecular weight excluding hydrogens is 735 g/mol. The highest BCUT2D eigenvalue weighted by molar-refractivity contribution is 9.10. The smallest absolute Gasteiger partial charge is 0.338 e. The summed E-state index contributed by atoms with van der Waals surface area (Å²) >= 11 is 17.0. The number of thiazole rings is 1. The van der Waals surface area contributed by atoms with Gasteiger partial charge < -0.3 is 14.2 Å². The van der Waals surface area contributed by atoms with Crippen LogP contribution in [0.25, 0.3) is 11.8 Å². The number of esters is 1. The van der Waals surface area contributed by atoms with E-state index in [1.165, 1.54) is 11.3 Å². The van der Waals surface area contributed by atoms with Crippen LogP contribution in [0.1, 0.15) is 42.1 Å². The largest absolute Gasteiger partial charge is 0.494 e. The zero-order chi connectivity index (χ0) is 33.8. The van der Waals surface area contributed by atoms with Crippen LogP contribution in [0.15, 0.2) is 111 Å². The number of halogens is 3. The predicted molar refractivity (Wildman–Crippen MR) is 194 cm³/mol. The summed E-state index contributed by atoms with van der Waals surface area (Å²) in [5.74, 6) is 0.781. The normalized spacial score (nSPS) is 14.4. The highest BCUT2D eigenvalue weighted by atomic mass is 79.9. The third-order valence-electron chi connectivity index (χ3n) is 7.51. The van der Waals surface area contributed by atoms with Crippen molar-refractivity contribution in [2.45, 2.75) is 26.5 Å². The van der Waals surface area contributed by atoms with Crippen LogP contribution >= 0.6 is 50.5 Å². The van der Waals surface area contributed by atoms with Crippen molar-refractivity contribution in [3.05, 3.63) is 153 Å². The zero-order valence-electron chi connectivity index (χ0n) is 25.9. The number of benzene rings is 4. The Morgan fingerprint density at radius 1 is 0.938 bits per heavy atom. The molecule has 244 valence electrons. The molecule has 0 fully saturated rings. The maximum Gasteiger partial charge on any atom is 0.338 e. The van der Waals surface area contributed by atoms with E-state index in [1.54, 1.807) is 23.6 Å². The van der Waals surface area contributed by atoms with Crippen LogP contribution in [0.5, 0.6) is 11.5 Å². The van der Waals surface area contributed by atoms with Crippen LogP contribution < -0.4 is 24.4 Å². The maximum absolute atomic E-state index is 14.2. The first-order valence-corrected chi connectivity index (χ1v) is 17.5. The third-order valence-corrected chi connectivity index (χ3v) is 9.85. The van der Waals surface area contributed by atoms with Gasteiger partial charge in [-0.05, 0) is 88.9 Å². The molecule has 7 nitrogen and oxygen atoms in total. The Morgan fingerprint density at radius 2 is 1.71 bits per heavy atom. The van der Waals surface area contributed by atoms with Gasteiger partial charge in [-0.3, -0.25) is 9.36 Å². The summed E-state index contributed by atoms with van der Waals surface area (Å²) in [6.07, 6.45) is 1.81. The summed E-state index contributed by atoms with van der Waals surface area (Å²) in [7, 11) is 0. The van der Waals surface area contributed by atoms with Gasteiger partial charge in [-0.15, -0.1) is 0 Å². The molecule has 0 saturated heterocycles. The lowest BCUT2D eigenvalue weighted by molar-refractivity contribution is -0.138. The van der Waals surface area contributed by atoms with Crippen molar-refractivity contribution in [2.75, 3.05) is 13.2 Å². The first-order chi connectivity index (χ1) is 23.3. The predicted octanol–water partition coefficient (Wildman–Crippen LogP) is 7.98. The molecule has 11 heteroatoms. The van der Waals surface area contributed by atoms with E-state index in [-0.39, 0.29) is 17.7 Å². The quantitative estimate of drug-likeness (QED) is 0.135. The summed E-state index contributed by atoms with van der Waals surface area (Å²) in [4.78, 5) is 33.3. The van der Waals surface area contributed by atoms with Crippen LogP contribution in [0, 0.1) is 0 Å². The van der Waals surface area contributed by atoms with Crippen molar-refractivity contribution in [2.24, 2.45) is 4.99 Å². The van der Waals surface area contributed by atoms with E-state index in [2.05, 4.69) is 15.9 Å². The SMILES string of the molecule is CCOC(=O)C1=C(c2ccccc2)N=c2s/c(=C\c3ccc(OCc4ccc(Cl)c(Cl)c4)c(Br)c3)c(=O)n2[C@@H]1c1ccc(OCC)cc1. The highest BCUT2D eigenvalue weighted by Gasteiger charge is 2.35. The van der Waals surface area contributed by atoms with E-state index in [9.17, 15) is 9.59 Å². The van der Waals surface area contributed by atoms with Gasteiger partial charge >= 0.3 is 5.97 Å². The molecule has 0 radical (unpaired) electrons. The van der Waals surface area contributed by atoms with Gasteiger partial charge in [0.15, 0.2) is 4.80 Å². The molecule has 1 aromatic heterocycles. The lowest BCUT2D eigenvalue weighted by Crippen LogP contribution is -2.40. The third kappa shape index (κ3) is 7.15. The minimum Gasteiger partial charge on any atom is -0.494 e. The summed E-state index contributed by atoms with van der Waals surface area (Å²) in [6, 6.07) is 27.0. The molecule has 0 bridgehead atoms. The number of ether oxygens (including phenoxy) is 3. The Morgan fingerprint density at radius 3 is 2.40 bits per heavy atom. The van der Waals surface area contributed by atoms with Gasteiger partial charge in [0.25, 0.3) is 5.56 Å². The molecule has 0 saturated carbocycles. The number of hydrogen-bond acceptors (Lipinski definition) is 7. The molecule has 5 aromatic rings. The number of rotatable bonds is 10. The number of carbonyl (C=O) groups is 1. The van der Waals surface area contributed by atoms with Crippen molar-refractivity contribution in [1.29, 1.82) is 0 Å². The Labute approximate surface area is 299 Å². The van der Waals surface area contributed by atoms with E-state index < -0.39 is 12.0 Å². The van der Waals surface area contributed by atoms with Crippen LogP contribution in [0.4, 0.5) is 0 Å². The Kier molecular flexibility index (Phi) is 10.5. The van der Waals surface area contributed by atoms with Gasteiger partial charge in [0.1, 0.15) is 18.1 Å². The van der Waals surface area contributed by atoms with E-state index in [0.717, 1.165) is 22.3 Å². The lowest BCUT2D eigenvalue weighted by atomic mass is 9.93. The molecule has 0 aliphatic carbocycles. The van der Waals surface area contributed by atoms with Gasteiger partial charge in [0, 0.05) is 5.56 Å². The van der Waals surface area contributed by atoms with Gasteiger partial charge in [0.05, 0.1) is 49.6 Å². The van der Waals surface area contributed by atoms with Gasteiger partial charge in [0.2, 0.25) is 0 Å². The monoisotopic (exact) mass is 762 g/mol. The van der Waals surface area contributed by atoms with E-state index in [1.807, 2.05) is 91.9 Å². The molecular formula is C37H29BrCl2N2O5S. The second kappa shape index (κ2) is 15.0. The fourth-order valence-electron chi connectivity index (χ4n) is 5.33. The van der Waals surface area contributed by atoms with Crippen molar-refractivity contribution >= 4 is 68.2 Å². The number of nitrogens with zero attached hydrogens (tertiary/aromatic N) is 2. The van der Waals surface area contributed by atoms with E-state index in [0.29, 0.717) is 54.3 Å². The molecule has 1 aliphatic heterocycles. The first kappa shape index (κ1) is 33.7. The first-order valence-electron chi connectivity index (χ1n) is 15.1. The zero-order valence-corrected chi connectivity index (χ0v) is 29.8. The Balaban J connectivity index is 1.44. The van der Waals surface area contributed by atoms with Crippen LogP contribution in [0.3, 0.4) is 0 Å². The number of hydrogen-bond donors (Lipinski definition) is 0. The van der Waals surface area contributed by atoms with Crippen LogP contribution in [-0.4, -0.2) is 23.8 Å². The van der Waals surface area contributed by atoms with Crippen LogP contribution in [0.2, 0.25) is 10.0 Å². The van der Waals surface area contributed by atoms with Crippen molar-refractivity contribution in [1.82, 2.24) is 4.57 Å². The van der Waals surface area contributed by atoms with Crippen molar-refractivity contribution < 1.29 is 19.0 Å². The summed E-state index contributed by atoms with van der Waals surface area (Å²) < 4.78 is 20.0. The molecule has 4 aromatic carbocycles. The number of carbonyl (C=O) groups excluding carboxylic acids is 1. The minimum absolute atomic E-state index is 0.173. The molecule has 6 rings (SSSR count). The molecule has 0 spiro atoms. The second-order valence-electron chi connectivity index (χ2n) is 10.7. The molecule has 0 amide bonds. The highest BCUT2D eigenvalue weighted by Crippen LogP contribution is 2.36. The van der Waals surface area contributed by atoms with Gasteiger partial charge in [-0.25, -0.2) is 9.79 Å². The van der Waals surface area contributed by atoms with Gasteiger partial charge in [-0.1, -0.05) is 89.1 Å². The van der Waals surface area contributed by atoms with E-state index >= 15 is 0 Å². The number of aromatic nitrogens is 1. The number of fused-ring (bicyclic) bond motifs is 1. The summed E-state index contributed by atoms with van der Waals surface area (Å²) in [6.45, 7) is 4.65. The standard InChI is InChI=1S/C37H29BrCl2N2O5S/c1-3-45-26-14-12-25(13-15-26)34-32(36(44)46-4-2)33(24-8-6-5-7-9-24)41-37-42(34)35(43)31(48-37)20-22-11-17-30(27(38)18-22)47-21-23-10-16-28(39)29(40)19-23/h5-20,34H,3-4,21H2,1-2H3/b31-20-/t34-/m1/s1. The Bertz CT molecular complexity index is 2200. The summed E-state index contributed by atoms with van der Waals surface area (Å²) in [5, 5.41) is 0.944. The molecule has 0 unspecified atom stereocenters. The second-order valence-corrected chi connectivity index (χ2v) is 13.3. The average molecular weight is 765 g/mol. The maximum atomic E-state index is 14.2. The molecule has 48 heavy (non-hydrogen) atoms. The van der Waals surface area contributed by atoms with Crippen molar-refractivity contribution in [3.63, 3.8) is 0 Å². The van der Waals surface area contributed by atoms with Crippen LogP contribution in [-0.2, 0) is 16.1 Å². The Hall–Kier alpha value is -4.15. The minimum atomic E-state index is -0.780. The fourth-order valence-corrected chi connectivity index (χ4v) is 7.17. The van der Waals surface area contributed by atoms with E-state index in [4.69, 9.17) is 42.4 Å². The average Bonchev–Trinajstić information content (AvgIpc) is 3.40. The lowest BCUT2D eigenvalue weighted by Gasteiger charge is -2.26. The molecule has 1 aliphatic rings. The fraction of sp³-hybridized carbons (Fsp3) is 0.162.